The first-order valence-corrected chi connectivity index (χ1v) is 6.15. The Balaban J connectivity index is 1.71. The standard InChI is InChI=1S/C14H17NO/c16-14-7-6-13-12(14)8-9-15(13)10-11-4-2-1-3-5-11/h1-5,12-13H,6-10H2/t12-,13-/m0/s1. The van der Waals surface area contributed by atoms with Crippen LogP contribution in [0.15, 0.2) is 30.3 Å². The number of ketones is 1. The van der Waals surface area contributed by atoms with Gasteiger partial charge in [0.1, 0.15) is 5.78 Å². The van der Waals surface area contributed by atoms with E-state index in [9.17, 15) is 4.79 Å². The fraction of sp³-hybridized carbons (Fsp3) is 0.500. The van der Waals surface area contributed by atoms with Gasteiger partial charge in [-0.15, -0.1) is 0 Å². The second kappa shape index (κ2) is 4.02. The maximum atomic E-state index is 11.6. The molecular formula is C14H17NO. The molecule has 0 aromatic heterocycles. The highest BCUT2D eigenvalue weighted by Gasteiger charge is 2.42. The van der Waals surface area contributed by atoms with Gasteiger partial charge < -0.3 is 0 Å². The minimum Gasteiger partial charge on any atom is -0.299 e. The molecule has 0 radical (unpaired) electrons. The number of benzene rings is 1. The Morgan fingerprint density at radius 1 is 1.19 bits per heavy atom. The van der Waals surface area contributed by atoms with E-state index in [0.29, 0.717) is 17.7 Å². The molecule has 1 aromatic rings. The predicted molar refractivity (Wildman–Crippen MR) is 63.0 cm³/mol. The van der Waals surface area contributed by atoms with E-state index in [1.165, 1.54) is 5.56 Å². The summed E-state index contributed by atoms with van der Waals surface area (Å²) in [4.78, 5) is 14.1. The van der Waals surface area contributed by atoms with Gasteiger partial charge in [0.15, 0.2) is 0 Å². The SMILES string of the molecule is O=C1CC[C@H]2[C@@H]1CCN2Cc1ccccc1. The molecule has 1 saturated heterocycles. The van der Waals surface area contributed by atoms with Crippen molar-refractivity contribution in [2.75, 3.05) is 6.54 Å². The normalized spacial score (nSPS) is 29.6. The lowest BCUT2D eigenvalue weighted by atomic mass is 10.0. The van der Waals surface area contributed by atoms with Crippen LogP contribution in [0.1, 0.15) is 24.8 Å². The van der Waals surface area contributed by atoms with Gasteiger partial charge in [0.2, 0.25) is 0 Å². The first-order chi connectivity index (χ1) is 7.84. The van der Waals surface area contributed by atoms with E-state index in [2.05, 4.69) is 35.2 Å². The van der Waals surface area contributed by atoms with E-state index >= 15 is 0 Å². The van der Waals surface area contributed by atoms with Crippen molar-refractivity contribution in [2.45, 2.75) is 31.8 Å². The van der Waals surface area contributed by atoms with Crippen molar-refractivity contribution in [3.63, 3.8) is 0 Å². The number of rotatable bonds is 2. The molecular weight excluding hydrogens is 198 g/mol. The summed E-state index contributed by atoms with van der Waals surface area (Å²) in [6.07, 6.45) is 2.97. The van der Waals surface area contributed by atoms with Crippen LogP contribution in [0, 0.1) is 5.92 Å². The second-order valence-electron chi connectivity index (χ2n) is 4.92. The lowest BCUT2D eigenvalue weighted by Crippen LogP contribution is -2.30. The third-order valence-electron chi connectivity index (χ3n) is 3.99. The van der Waals surface area contributed by atoms with Gasteiger partial charge in [0, 0.05) is 24.9 Å². The quantitative estimate of drug-likeness (QED) is 0.754. The van der Waals surface area contributed by atoms with Crippen LogP contribution in [0.4, 0.5) is 0 Å². The van der Waals surface area contributed by atoms with Gasteiger partial charge in [-0.1, -0.05) is 30.3 Å². The second-order valence-corrected chi connectivity index (χ2v) is 4.92. The number of likely N-dealkylation sites (tertiary alicyclic amines) is 1. The van der Waals surface area contributed by atoms with Gasteiger partial charge in [-0.25, -0.2) is 0 Å². The fourth-order valence-corrected chi connectivity index (χ4v) is 3.17. The van der Waals surface area contributed by atoms with Crippen LogP contribution in [0.5, 0.6) is 0 Å². The van der Waals surface area contributed by atoms with Gasteiger partial charge in [-0.05, 0) is 24.9 Å². The molecule has 0 spiro atoms. The minimum atomic E-state index is 0.351. The van der Waals surface area contributed by atoms with Gasteiger partial charge >= 0.3 is 0 Å². The van der Waals surface area contributed by atoms with Crippen molar-refractivity contribution in [3.05, 3.63) is 35.9 Å². The zero-order valence-corrected chi connectivity index (χ0v) is 9.43. The molecule has 2 fully saturated rings. The average Bonchev–Trinajstić information content (AvgIpc) is 2.86. The summed E-state index contributed by atoms with van der Waals surface area (Å²) in [6, 6.07) is 11.1. The van der Waals surface area contributed by atoms with Crippen LogP contribution in [-0.2, 0) is 11.3 Å². The molecule has 2 aliphatic rings. The monoisotopic (exact) mass is 215 g/mol. The Morgan fingerprint density at radius 3 is 2.81 bits per heavy atom. The molecule has 0 unspecified atom stereocenters. The molecule has 1 saturated carbocycles. The number of carbonyl (C=O) groups is 1. The van der Waals surface area contributed by atoms with Gasteiger partial charge in [0.25, 0.3) is 0 Å². The molecule has 1 aromatic carbocycles. The summed E-state index contributed by atoms with van der Waals surface area (Å²) in [7, 11) is 0. The van der Waals surface area contributed by atoms with Crippen LogP contribution in [0.25, 0.3) is 0 Å². The molecule has 1 heterocycles. The summed E-state index contributed by atoms with van der Waals surface area (Å²) in [6.45, 7) is 2.10. The Morgan fingerprint density at radius 2 is 2.00 bits per heavy atom. The smallest absolute Gasteiger partial charge is 0.137 e. The highest BCUT2D eigenvalue weighted by Crippen LogP contribution is 2.36. The molecule has 2 heteroatoms. The van der Waals surface area contributed by atoms with Crippen molar-refractivity contribution in [2.24, 2.45) is 5.92 Å². The van der Waals surface area contributed by atoms with Crippen molar-refractivity contribution in [3.8, 4) is 0 Å². The van der Waals surface area contributed by atoms with Crippen molar-refractivity contribution >= 4 is 5.78 Å². The van der Waals surface area contributed by atoms with Crippen LogP contribution in [0.2, 0.25) is 0 Å². The Labute approximate surface area is 96.3 Å². The number of Topliss-reactive ketones (excluding diaryl/α,β-unsaturated/α-hetero) is 1. The molecule has 3 rings (SSSR count). The molecule has 2 nitrogen and oxygen atoms in total. The van der Waals surface area contributed by atoms with E-state index in [0.717, 1.165) is 32.4 Å². The predicted octanol–water partition coefficient (Wildman–Crippen LogP) is 2.24. The van der Waals surface area contributed by atoms with Crippen LogP contribution in [0.3, 0.4) is 0 Å². The molecule has 1 aliphatic carbocycles. The van der Waals surface area contributed by atoms with Crippen LogP contribution >= 0.6 is 0 Å². The Bertz CT molecular complexity index is 387. The molecule has 0 amide bonds. The Hall–Kier alpha value is -1.15. The maximum Gasteiger partial charge on any atom is 0.137 e. The molecule has 0 N–H and O–H groups in total. The molecule has 84 valence electrons. The average molecular weight is 215 g/mol. The number of nitrogens with zero attached hydrogens (tertiary/aromatic N) is 1. The van der Waals surface area contributed by atoms with E-state index in [-0.39, 0.29) is 0 Å². The van der Waals surface area contributed by atoms with E-state index in [1.54, 1.807) is 0 Å². The summed E-state index contributed by atoms with van der Waals surface area (Å²) in [5.74, 6) is 0.851. The topological polar surface area (TPSA) is 20.3 Å². The number of fused-ring (bicyclic) bond motifs is 1. The molecule has 1 aliphatic heterocycles. The summed E-state index contributed by atoms with van der Waals surface area (Å²) in [5.41, 5.74) is 1.36. The minimum absolute atomic E-state index is 0.351. The number of hydrogen-bond donors (Lipinski definition) is 0. The zero-order chi connectivity index (χ0) is 11.0. The number of hydrogen-bond acceptors (Lipinski definition) is 2. The largest absolute Gasteiger partial charge is 0.299 e. The zero-order valence-electron chi connectivity index (χ0n) is 9.43. The van der Waals surface area contributed by atoms with Gasteiger partial charge in [0.05, 0.1) is 0 Å². The van der Waals surface area contributed by atoms with Gasteiger partial charge in [-0.3, -0.25) is 9.69 Å². The molecule has 0 bridgehead atoms. The molecule has 2 atom stereocenters. The lowest BCUT2D eigenvalue weighted by molar-refractivity contribution is -0.120. The van der Waals surface area contributed by atoms with Crippen LogP contribution in [-0.4, -0.2) is 23.3 Å². The molecule has 16 heavy (non-hydrogen) atoms. The maximum absolute atomic E-state index is 11.6. The summed E-state index contributed by atoms with van der Waals surface area (Å²) >= 11 is 0. The highest BCUT2D eigenvalue weighted by molar-refractivity contribution is 5.84. The summed E-state index contributed by atoms with van der Waals surface area (Å²) in [5, 5.41) is 0. The van der Waals surface area contributed by atoms with Gasteiger partial charge in [-0.2, -0.15) is 0 Å². The van der Waals surface area contributed by atoms with Crippen molar-refractivity contribution in [1.29, 1.82) is 0 Å². The fourth-order valence-electron chi connectivity index (χ4n) is 3.17. The van der Waals surface area contributed by atoms with E-state index < -0.39 is 0 Å². The first kappa shape index (κ1) is 10.0. The third-order valence-corrected chi connectivity index (χ3v) is 3.99. The van der Waals surface area contributed by atoms with E-state index in [1.807, 2.05) is 0 Å². The Kier molecular flexibility index (Phi) is 2.52. The first-order valence-electron chi connectivity index (χ1n) is 6.15. The van der Waals surface area contributed by atoms with Crippen LogP contribution < -0.4 is 0 Å². The van der Waals surface area contributed by atoms with Crippen molar-refractivity contribution < 1.29 is 4.79 Å². The number of carbonyl (C=O) groups excluding carboxylic acids is 1. The lowest BCUT2D eigenvalue weighted by Gasteiger charge is -2.22. The highest BCUT2D eigenvalue weighted by atomic mass is 16.1. The third kappa shape index (κ3) is 1.67. The summed E-state index contributed by atoms with van der Waals surface area (Å²) < 4.78 is 0. The van der Waals surface area contributed by atoms with Crippen molar-refractivity contribution in [1.82, 2.24) is 4.90 Å². The van der Waals surface area contributed by atoms with E-state index in [4.69, 9.17) is 0 Å².